The highest BCUT2D eigenvalue weighted by atomic mass is 32.1. The summed E-state index contributed by atoms with van der Waals surface area (Å²) in [5, 5.41) is 24.4. The van der Waals surface area contributed by atoms with Gasteiger partial charge in [0.2, 0.25) is 11.8 Å². The van der Waals surface area contributed by atoms with Crippen molar-refractivity contribution in [1.82, 2.24) is 15.5 Å². The maximum atomic E-state index is 13.3. The lowest BCUT2D eigenvalue weighted by Crippen LogP contribution is -2.54. The van der Waals surface area contributed by atoms with E-state index < -0.39 is 42.1 Å². The number of carbonyl (C=O) groups is 3. The summed E-state index contributed by atoms with van der Waals surface area (Å²) in [5.41, 5.74) is -0.459. The van der Waals surface area contributed by atoms with Crippen molar-refractivity contribution in [2.24, 2.45) is 0 Å². The van der Waals surface area contributed by atoms with Crippen LogP contribution in [-0.4, -0.2) is 57.9 Å². The van der Waals surface area contributed by atoms with Crippen molar-refractivity contribution < 1.29 is 24.2 Å². The summed E-state index contributed by atoms with van der Waals surface area (Å²) in [6.07, 6.45) is -0.822. The second-order valence-corrected chi connectivity index (χ2v) is 8.53. The van der Waals surface area contributed by atoms with E-state index in [1.54, 1.807) is 40.7 Å². The molecule has 2 atom stereocenters. The Morgan fingerprint density at radius 2 is 1.90 bits per heavy atom. The average Bonchev–Trinajstić information content (AvgIpc) is 2.63. The molecule has 0 aliphatic carbocycles. The van der Waals surface area contributed by atoms with Crippen LogP contribution in [0.1, 0.15) is 46.2 Å². The van der Waals surface area contributed by atoms with Gasteiger partial charge >= 0.3 is 6.09 Å². The molecule has 2 unspecified atom stereocenters. The molecule has 1 aromatic carbocycles. The number of carbonyl (C=O) groups excluding carboxylic acids is 3. The summed E-state index contributed by atoms with van der Waals surface area (Å²) in [6.45, 7) is 8.13. The molecule has 1 rings (SSSR count). The standard InChI is InChI=1S/C21H30N4O5S/c1-13(2)23-18(27)17(14-7-6-8-15(26)11-14)25(10-9-22)19(28)16(12-31)24-20(29)30-21(3,4)5/h6-8,11,13,16-17,26,31H,10,12H2,1-5H3,(H,23,27)(H,24,29). The van der Waals surface area contributed by atoms with E-state index in [4.69, 9.17) is 4.74 Å². The average molecular weight is 451 g/mol. The fourth-order valence-corrected chi connectivity index (χ4v) is 2.99. The van der Waals surface area contributed by atoms with E-state index in [9.17, 15) is 24.8 Å². The molecule has 3 amide bonds. The predicted octanol–water partition coefficient (Wildman–Crippen LogP) is 2.13. The maximum Gasteiger partial charge on any atom is 0.408 e. The third-order valence-electron chi connectivity index (χ3n) is 3.87. The van der Waals surface area contributed by atoms with Crippen LogP contribution in [0, 0.1) is 11.3 Å². The van der Waals surface area contributed by atoms with Crippen LogP contribution in [0.25, 0.3) is 0 Å². The fourth-order valence-electron chi connectivity index (χ4n) is 2.74. The number of nitriles is 1. The number of amides is 3. The largest absolute Gasteiger partial charge is 0.508 e. The Labute approximate surface area is 188 Å². The van der Waals surface area contributed by atoms with E-state index in [1.165, 1.54) is 18.2 Å². The molecule has 0 fully saturated rings. The quantitative estimate of drug-likeness (QED) is 0.354. The van der Waals surface area contributed by atoms with E-state index in [0.29, 0.717) is 5.56 Å². The number of ether oxygens (including phenoxy) is 1. The van der Waals surface area contributed by atoms with Crippen molar-refractivity contribution in [2.45, 2.75) is 58.3 Å². The highest BCUT2D eigenvalue weighted by Crippen LogP contribution is 2.25. The number of nitrogens with one attached hydrogen (secondary N) is 2. The van der Waals surface area contributed by atoms with E-state index in [-0.39, 0.29) is 17.5 Å². The number of thiol groups is 1. The highest BCUT2D eigenvalue weighted by Gasteiger charge is 2.36. The van der Waals surface area contributed by atoms with Crippen LogP contribution in [0.2, 0.25) is 0 Å². The summed E-state index contributed by atoms with van der Waals surface area (Å²) in [6, 6.07) is 5.19. The molecule has 0 saturated heterocycles. The van der Waals surface area contributed by atoms with Gasteiger partial charge in [0.25, 0.3) is 0 Å². The van der Waals surface area contributed by atoms with Crippen LogP contribution in [0.3, 0.4) is 0 Å². The number of benzene rings is 1. The Bertz CT molecular complexity index is 832. The van der Waals surface area contributed by atoms with E-state index in [1.807, 2.05) is 6.07 Å². The number of phenols is 1. The van der Waals surface area contributed by atoms with Gasteiger partial charge in [-0.1, -0.05) is 12.1 Å². The topological polar surface area (TPSA) is 132 Å². The van der Waals surface area contributed by atoms with E-state index >= 15 is 0 Å². The van der Waals surface area contributed by atoms with Gasteiger partial charge in [-0.15, -0.1) is 0 Å². The molecule has 9 nitrogen and oxygen atoms in total. The van der Waals surface area contributed by atoms with Crippen molar-refractivity contribution in [3.05, 3.63) is 29.8 Å². The monoisotopic (exact) mass is 450 g/mol. The molecule has 0 aliphatic rings. The van der Waals surface area contributed by atoms with Crippen LogP contribution in [-0.2, 0) is 14.3 Å². The second-order valence-electron chi connectivity index (χ2n) is 8.17. The minimum atomic E-state index is -1.20. The van der Waals surface area contributed by atoms with Gasteiger partial charge < -0.3 is 25.4 Å². The first-order valence-electron chi connectivity index (χ1n) is 9.76. The first-order chi connectivity index (χ1) is 14.4. The van der Waals surface area contributed by atoms with Crippen molar-refractivity contribution in [2.75, 3.05) is 12.3 Å². The molecule has 31 heavy (non-hydrogen) atoms. The number of alkyl carbamates (subject to hydrolysis) is 1. The zero-order chi connectivity index (χ0) is 23.8. The Morgan fingerprint density at radius 1 is 1.26 bits per heavy atom. The number of hydrogen-bond acceptors (Lipinski definition) is 7. The van der Waals surface area contributed by atoms with Crippen molar-refractivity contribution in [3.8, 4) is 11.8 Å². The molecule has 0 aliphatic heterocycles. The number of rotatable bonds is 8. The second kappa shape index (κ2) is 11.5. The van der Waals surface area contributed by atoms with Crippen LogP contribution >= 0.6 is 12.6 Å². The Kier molecular flexibility index (Phi) is 9.65. The van der Waals surface area contributed by atoms with Crippen molar-refractivity contribution in [3.63, 3.8) is 0 Å². The van der Waals surface area contributed by atoms with Gasteiger partial charge in [0.15, 0.2) is 0 Å². The zero-order valence-electron chi connectivity index (χ0n) is 18.4. The summed E-state index contributed by atoms with van der Waals surface area (Å²) in [7, 11) is 0. The predicted molar refractivity (Wildman–Crippen MR) is 118 cm³/mol. The van der Waals surface area contributed by atoms with Crippen molar-refractivity contribution >= 4 is 30.5 Å². The van der Waals surface area contributed by atoms with Crippen LogP contribution in [0.15, 0.2) is 24.3 Å². The minimum Gasteiger partial charge on any atom is -0.508 e. The van der Waals surface area contributed by atoms with E-state index in [0.717, 1.165) is 4.90 Å². The molecule has 1 aromatic rings. The van der Waals surface area contributed by atoms with Gasteiger partial charge in [-0.25, -0.2) is 4.79 Å². The lowest BCUT2D eigenvalue weighted by molar-refractivity contribution is -0.141. The Morgan fingerprint density at radius 3 is 2.39 bits per heavy atom. The molecule has 0 aromatic heterocycles. The molecular weight excluding hydrogens is 420 g/mol. The van der Waals surface area contributed by atoms with Crippen LogP contribution in [0.5, 0.6) is 5.75 Å². The zero-order valence-corrected chi connectivity index (χ0v) is 19.3. The van der Waals surface area contributed by atoms with Gasteiger partial charge in [-0.2, -0.15) is 17.9 Å². The molecule has 0 spiro atoms. The smallest absolute Gasteiger partial charge is 0.408 e. The molecular formula is C21H30N4O5S. The first kappa shape index (κ1) is 26.1. The fraction of sp³-hybridized carbons (Fsp3) is 0.524. The number of phenolic OH excluding ortho intramolecular Hbond substituents is 1. The molecule has 10 heteroatoms. The summed E-state index contributed by atoms with van der Waals surface area (Å²) in [4.78, 5) is 39.5. The number of hydrogen-bond donors (Lipinski definition) is 4. The van der Waals surface area contributed by atoms with Crippen LogP contribution < -0.4 is 10.6 Å². The molecule has 0 heterocycles. The summed E-state index contributed by atoms with van der Waals surface area (Å²) in [5.74, 6) is -1.39. The lowest BCUT2D eigenvalue weighted by Gasteiger charge is -2.33. The van der Waals surface area contributed by atoms with Crippen molar-refractivity contribution in [1.29, 1.82) is 5.26 Å². The van der Waals surface area contributed by atoms with E-state index in [2.05, 4.69) is 23.3 Å². The molecule has 0 radical (unpaired) electrons. The lowest BCUT2D eigenvalue weighted by atomic mass is 10.0. The Balaban J connectivity index is 3.31. The summed E-state index contributed by atoms with van der Waals surface area (Å²) >= 11 is 4.14. The molecule has 3 N–H and O–H groups in total. The number of nitrogens with zero attached hydrogens (tertiary/aromatic N) is 2. The van der Waals surface area contributed by atoms with Gasteiger partial charge in [-0.3, -0.25) is 9.59 Å². The normalized spacial score (nSPS) is 13.0. The van der Waals surface area contributed by atoms with Gasteiger partial charge in [0, 0.05) is 11.8 Å². The number of aromatic hydroxyl groups is 1. The van der Waals surface area contributed by atoms with Gasteiger partial charge in [0.1, 0.15) is 30.0 Å². The molecule has 170 valence electrons. The molecule has 0 saturated carbocycles. The van der Waals surface area contributed by atoms with Crippen LogP contribution in [0.4, 0.5) is 4.79 Å². The maximum absolute atomic E-state index is 13.3. The Hall–Kier alpha value is -2.93. The third-order valence-corrected chi connectivity index (χ3v) is 4.24. The minimum absolute atomic E-state index is 0.0848. The third kappa shape index (κ3) is 8.38. The van der Waals surface area contributed by atoms with Gasteiger partial charge in [0.05, 0.1) is 6.07 Å². The van der Waals surface area contributed by atoms with Gasteiger partial charge in [-0.05, 0) is 52.3 Å². The highest BCUT2D eigenvalue weighted by molar-refractivity contribution is 7.80. The summed E-state index contributed by atoms with van der Waals surface area (Å²) < 4.78 is 5.19. The first-order valence-corrected chi connectivity index (χ1v) is 10.4. The molecule has 0 bridgehead atoms. The SMILES string of the molecule is CC(C)NC(=O)C(c1cccc(O)c1)N(CC#N)C(=O)C(CS)NC(=O)OC(C)(C)C.